The number of hydroxylamine groups is 2. The van der Waals surface area contributed by atoms with Gasteiger partial charge in [-0.3, -0.25) is 15.3 Å². The van der Waals surface area contributed by atoms with Gasteiger partial charge in [0.1, 0.15) is 0 Å². The summed E-state index contributed by atoms with van der Waals surface area (Å²) in [5, 5.41) is 13.1. The molecule has 0 saturated heterocycles. The lowest BCUT2D eigenvalue weighted by molar-refractivity contribution is -0.0399. The van der Waals surface area contributed by atoms with Crippen LogP contribution in [0.5, 0.6) is 0 Å². The average molecular weight is 212 g/mol. The monoisotopic (exact) mass is 212 g/mol. The van der Waals surface area contributed by atoms with Crippen LogP contribution in [0.3, 0.4) is 0 Å². The van der Waals surface area contributed by atoms with Crippen LogP contribution in [0.4, 0.5) is 0 Å². The van der Waals surface area contributed by atoms with Crippen molar-refractivity contribution in [3.05, 3.63) is 52.3 Å². The molecule has 0 amide bonds. The Kier molecular flexibility index (Phi) is 2.11. The third-order valence-corrected chi connectivity index (χ3v) is 2.89. The smallest absolute Gasteiger partial charge is 0.0720 e. The molecule has 3 rings (SSSR count). The van der Waals surface area contributed by atoms with Crippen molar-refractivity contribution >= 4 is 12.2 Å². The number of hydrogen-bond acceptors (Lipinski definition) is 3. The summed E-state index contributed by atoms with van der Waals surface area (Å²) >= 11 is 0. The molecule has 0 unspecified atom stereocenters. The fourth-order valence-corrected chi connectivity index (χ4v) is 2.06. The quantitative estimate of drug-likeness (QED) is 0.682. The Morgan fingerprint density at radius 1 is 1.38 bits per heavy atom. The first-order chi connectivity index (χ1) is 7.84. The van der Waals surface area contributed by atoms with Crippen LogP contribution < -0.4 is 10.6 Å². The van der Waals surface area contributed by atoms with Gasteiger partial charge in [-0.25, -0.2) is 0 Å². The van der Waals surface area contributed by atoms with Crippen molar-refractivity contribution < 1.29 is 5.21 Å². The van der Waals surface area contributed by atoms with E-state index in [9.17, 15) is 5.21 Å². The van der Waals surface area contributed by atoms with Crippen molar-refractivity contribution in [1.82, 2.24) is 10.0 Å². The Morgan fingerprint density at radius 2 is 2.31 bits per heavy atom. The lowest BCUT2D eigenvalue weighted by Crippen LogP contribution is -2.29. The number of hydrogen-bond donors (Lipinski definition) is 1. The summed E-state index contributed by atoms with van der Waals surface area (Å²) < 4.78 is 0. The summed E-state index contributed by atoms with van der Waals surface area (Å²) in [7, 11) is 0. The van der Waals surface area contributed by atoms with Gasteiger partial charge in [0.05, 0.1) is 17.6 Å². The first kappa shape index (κ1) is 9.36. The standard InChI is InChI=1S/C13H12N2O/c16-15-8-2-4-11-6-5-10-3-1-7-14-12(10)9-13(11)15/h1-5,7,9,16H,6,8H2. The lowest BCUT2D eigenvalue weighted by Gasteiger charge is -2.21. The zero-order valence-corrected chi connectivity index (χ0v) is 8.80. The van der Waals surface area contributed by atoms with Gasteiger partial charge in [0.2, 0.25) is 0 Å². The zero-order valence-electron chi connectivity index (χ0n) is 8.80. The Bertz CT molecular complexity index is 599. The van der Waals surface area contributed by atoms with Crippen molar-refractivity contribution in [1.29, 1.82) is 0 Å². The minimum atomic E-state index is 0.539. The number of aromatic nitrogens is 1. The molecule has 0 spiro atoms. The van der Waals surface area contributed by atoms with Gasteiger partial charge >= 0.3 is 0 Å². The highest BCUT2D eigenvalue weighted by atomic mass is 16.5. The maximum absolute atomic E-state index is 9.81. The van der Waals surface area contributed by atoms with Gasteiger partial charge in [-0.15, -0.1) is 0 Å². The molecule has 1 aliphatic heterocycles. The van der Waals surface area contributed by atoms with Crippen LogP contribution in [0.15, 0.2) is 41.8 Å². The van der Waals surface area contributed by atoms with Gasteiger partial charge in [-0.2, -0.15) is 0 Å². The van der Waals surface area contributed by atoms with Crippen LogP contribution in [-0.2, 0) is 0 Å². The molecule has 0 aromatic carbocycles. The van der Waals surface area contributed by atoms with E-state index >= 15 is 0 Å². The van der Waals surface area contributed by atoms with Gasteiger partial charge in [0, 0.05) is 6.20 Å². The molecule has 1 aromatic rings. The zero-order chi connectivity index (χ0) is 11.0. The van der Waals surface area contributed by atoms with Crippen LogP contribution in [0.1, 0.15) is 6.42 Å². The van der Waals surface area contributed by atoms with Crippen LogP contribution in [0.2, 0.25) is 0 Å². The molecule has 0 bridgehead atoms. The fraction of sp³-hybridized carbons (Fsp3) is 0.154. The van der Waals surface area contributed by atoms with E-state index in [-0.39, 0.29) is 0 Å². The molecule has 1 N–H and O–H groups in total. The number of allylic oxidation sites excluding steroid dienone is 3. The van der Waals surface area contributed by atoms with E-state index in [0.717, 1.165) is 28.3 Å². The molecule has 0 fully saturated rings. The highest BCUT2D eigenvalue weighted by Crippen LogP contribution is 2.20. The molecule has 1 aliphatic carbocycles. The minimum absolute atomic E-state index is 0.539. The number of rotatable bonds is 0. The van der Waals surface area contributed by atoms with Crippen molar-refractivity contribution in [2.45, 2.75) is 6.42 Å². The first-order valence-electron chi connectivity index (χ1n) is 5.34. The highest BCUT2D eigenvalue weighted by Gasteiger charge is 2.13. The molecule has 1 aromatic heterocycles. The lowest BCUT2D eigenvalue weighted by atomic mass is 10.1. The predicted molar refractivity (Wildman–Crippen MR) is 61.7 cm³/mol. The molecule has 3 nitrogen and oxygen atoms in total. The van der Waals surface area contributed by atoms with Crippen molar-refractivity contribution in [2.24, 2.45) is 0 Å². The molecule has 3 heteroatoms. The summed E-state index contributed by atoms with van der Waals surface area (Å²) in [6, 6.07) is 3.97. The summed E-state index contributed by atoms with van der Waals surface area (Å²) in [6.07, 6.45) is 10.7. The summed E-state index contributed by atoms with van der Waals surface area (Å²) in [4.78, 5) is 4.32. The van der Waals surface area contributed by atoms with Crippen LogP contribution in [-0.4, -0.2) is 21.8 Å². The molecule has 80 valence electrons. The second-order valence-corrected chi connectivity index (χ2v) is 3.93. The third kappa shape index (κ3) is 1.46. The summed E-state index contributed by atoms with van der Waals surface area (Å²) in [5.74, 6) is 0. The van der Waals surface area contributed by atoms with Gasteiger partial charge in [0.25, 0.3) is 0 Å². The van der Waals surface area contributed by atoms with E-state index in [0.29, 0.717) is 6.54 Å². The molecular formula is C13H12N2O. The van der Waals surface area contributed by atoms with Crippen LogP contribution in [0.25, 0.3) is 12.2 Å². The van der Waals surface area contributed by atoms with E-state index in [1.165, 1.54) is 5.06 Å². The topological polar surface area (TPSA) is 36.4 Å². The Labute approximate surface area is 93.3 Å². The van der Waals surface area contributed by atoms with E-state index < -0.39 is 0 Å². The highest BCUT2D eigenvalue weighted by molar-refractivity contribution is 5.56. The maximum Gasteiger partial charge on any atom is 0.0720 e. The van der Waals surface area contributed by atoms with Crippen molar-refractivity contribution in [3.63, 3.8) is 0 Å². The first-order valence-corrected chi connectivity index (χ1v) is 5.34. The van der Waals surface area contributed by atoms with Gasteiger partial charge in [-0.05, 0) is 29.4 Å². The molecule has 0 saturated carbocycles. The fourth-order valence-electron chi connectivity index (χ4n) is 2.06. The average Bonchev–Trinajstić information content (AvgIpc) is 2.50. The summed E-state index contributed by atoms with van der Waals surface area (Å²) in [6.45, 7) is 0.539. The van der Waals surface area contributed by atoms with Crippen LogP contribution >= 0.6 is 0 Å². The number of fused-ring (bicyclic) bond motifs is 1. The molecular weight excluding hydrogens is 200 g/mol. The van der Waals surface area contributed by atoms with E-state index in [4.69, 9.17) is 0 Å². The Balaban J connectivity index is 2.25. The van der Waals surface area contributed by atoms with E-state index in [2.05, 4.69) is 17.1 Å². The second-order valence-electron chi connectivity index (χ2n) is 3.93. The largest absolute Gasteiger partial charge is 0.288 e. The SMILES string of the molecule is ON1CC=CC2=C1C=c1ncccc1=CC2. The second kappa shape index (κ2) is 3.61. The van der Waals surface area contributed by atoms with Crippen molar-refractivity contribution in [3.8, 4) is 0 Å². The minimum Gasteiger partial charge on any atom is -0.288 e. The molecule has 0 radical (unpaired) electrons. The summed E-state index contributed by atoms with van der Waals surface area (Å²) in [5.41, 5.74) is 1.99. The Hall–Kier alpha value is -1.87. The maximum atomic E-state index is 9.81. The molecule has 2 aliphatic rings. The van der Waals surface area contributed by atoms with Crippen LogP contribution in [0, 0.1) is 0 Å². The molecule has 2 heterocycles. The van der Waals surface area contributed by atoms with Crippen molar-refractivity contribution in [2.75, 3.05) is 6.54 Å². The van der Waals surface area contributed by atoms with Gasteiger partial charge in [-0.1, -0.05) is 24.3 Å². The molecule has 16 heavy (non-hydrogen) atoms. The predicted octanol–water partition coefficient (Wildman–Crippen LogP) is 0.561. The third-order valence-electron chi connectivity index (χ3n) is 2.89. The molecule has 0 atom stereocenters. The normalized spacial score (nSPS) is 18.2. The number of pyridine rings is 1. The Morgan fingerprint density at radius 3 is 3.25 bits per heavy atom. The van der Waals surface area contributed by atoms with E-state index in [1.54, 1.807) is 6.20 Å². The van der Waals surface area contributed by atoms with Gasteiger partial charge < -0.3 is 0 Å². The van der Waals surface area contributed by atoms with E-state index in [1.807, 2.05) is 24.3 Å². The number of nitrogens with zero attached hydrogens (tertiary/aromatic N) is 2. The van der Waals surface area contributed by atoms with Gasteiger partial charge in [0.15, 0.2) is 0 Å².